The van der Waals surface area contributed by atoms with Gasteiger partial charge in [0.15, 0.2) is 5.69 Å². The number of halogens is 4. The molecule has 1 atom stereocenters. The minimum Gasteiger partial charge on any atom is -0.337 e. The Kier molecular flexibility index (Phi) is 5.63. The molecule has 2 aromatic heterocycles. The van der Waals surface area contributed by atoms with E-state index in [9.17, 15) is 22.8 Å². The molecule has 0 spiro atoms. The van der Waals surface area contributed by atoms with Gasteiger partial charge in [0.25, 0.3) is 11.8 Å². The number of nitrogens with zero attached hydrogens (tertiary/aromatic N) is 6. The summed E-state index contributed by atoms with van der Waals surface area (Å²) in [6.45, 7) is 0.385. The van der Waals surface area contributed by atoms with Crippen molar-refractivity contribution in [3.05, 3.63) is 58.8 Å². The third-order valence-electron chi connectivity index (χ3n) is 4.95. The van der Waals surface area contributed by atoms with Crippen molar-refractivity contribution in [3.8, 4) is 0 Å². The second kappa shape index (κ2) is 8.26. The van der Waals surface area contributed by atoms with Crippen molar-refractivity contribution >= 4 is 29.2 Å². The van der Waals surface area contributed by atoms with Crippen LogP contribution in [0.5, 0.6) is 0 Å². The SMILES string of the molecule is CN1C(=O)[C@H](NC(=O)c2ncn(Cc3ccc(Cl)cc3)n2)CCn2nc(C(F)(F)F)cc21. The van der Waals surface area contributed by atoms with E-state index in [0.717, 1.165) is 21.2 Å². The Labute approximate surface area is 184 Å². The van der Waals surface area contributed by atoms with Crippen LogP contribution in [-0.2, 0) is 24.1 Å². The fraction of sp³-hybridized carbons (Fsp3) is 0.316. The lowest BCUT2D eigenvalue weighted by molar-refractivity contribution is -0.141. The van der Waals surface area contributed by atoms with Crippen LogP contribution in [0.4, 0.5) is 19.0 Å². The topological polar surface area (TPSA) is 97.9 Å². The second-order valence-corrected chi connectivity index (χ2v) is 7.65. The molecule has 9 nitrogen and oxygen atoms in total. The number of rotatable bonds is 4. The number of alkyl halides is 3. The molecule has 4 rings (SSSR count). The lowest BCUT2D eigenvalue weighted by Gasteiger charge is -2.19. The fourth-order valence-corrected chi connectivity index (χ4v) is 3.44. The number of nitrogens with one attached hydrogen (secondary N) is 1. The van der Waals surface area contributed by atoms with Crippen molar-refractivity contribution in [2.75, 3.05) is 11.9 Å². The van der Waals surface area contributed by atoms with Gasteiger partial charge in [-0.1, -0.05) is 23.7 Å². The molecule has 168 valence electrons. The number of hydrogen-bond acceptors (Lipinski definition) is 5. The van der Waals surface area contributed by atoms with Gasteiger partial charge < -0.3 is 5.32 Å². The molecule has 13 heteroatoms. The summed E-state index contributed by atoms with van der Waals surface area (Å²) in [6, 6.07) is 6.94. The Bertz CT molecular complexity index is 1160. The average molecular weight is 468 g/mol. The third-order valence-corrected chi connectivity index (χ3v) is 5.21. The number of carbonyl (C=O) groups is 2. The highest BCUT2D eigenvalue weighted by molar-refractivity contribution is 6.30. The monoisotopic (exact) mass is 467 g/mol. The molecule has 0 radical (unpaired) electrons. The smallest absolute Gasteiger partial charge is 0.337 e. The van der Waals surface area contributed by atoms with Crippen molar-refractivity contribution in [2.45, 2.75) is 31.7 Å². The van der Waals surface area contributed by atoms with E-state index in [2.05, 4.69) is 20.5 Å². The van der Waals surface area contributed by atoms with E-state index in [1.165, 1.54) is 18.1 Å². The zero-order chi connectivity index (χ0) is 23.0. The summed E-state index contributed by atoms with van der Waals surface area (Å²) in [6.07, 6.45) is -3.17. The van der Waals surface area contributed by atoms with Crippen LogP contribution < -0.4 is 10.2 Å². The predicted octanol–water partition coefficient (Wildman–Crippen LogP) is 2.36. The first-order valence-corrected chi connectivity index (χ1v) is 9.87. The highest BCUT2D eigenvalue weighted by Crippen LogP contribution is 2.32. The quantitative estimate of drug-likeness (QED) is 0.635. The molecule has 3 heterocycles. The zero-order valence-corrected chi connectivity index (χ0v) is 17.4. The normalized spacial score (nSPS) is 16.6. The van der Waals surface area contributed by atoms with E-state index in [1.54, 1.807) is 12.1 Å². The van der Waals surface area contributed by atoms with Crippen LogP contribution in [0.15, 0.2) is 36.7 Å². The molecule has 1 aliphatic heterocycles. The second-order valence-electron chi connectivity index (χ2n) is 7.21. The van der Waals surface area contributed by atoms with Crippen LogP contribution in [0.2, 0.25) is 5.02 Å². The van der Waals surface area contributed by atoms with E-state index in [-0.39, 0.29) is 24.6 Å². The molecule has 1 aromatic carbocycles. The van der Waals surface area contributed by atoms with Crippen LogP contribution in [-0.4, -0.2) is 49.4 Å². The molecule has 0 unspecified atom stereocenters. The maximum Gasteiger partial charge on any atom is 0.435 e. The number of carbonyl (C=O) groups excluding carboxylic acids is 2. The number of likely N-dealkylation sites (N-methyl/N-ethyl adjacent to an activating group) is 1. The van der Waals surface area contributed by atoms with Gasteiger partial charge in [0.1, 0.15) is 18.2 Å². The molecule has 32 heavy (non-hydrogen) atoms. The van der Waals surface area contributed by atoms with Gasteiger partial charge >= 0.3 is 6.18 Å². The lowest BCUT2D eigenvalue weighted by atomic mass is 10.2. The number of fused-ring (bicyclic) bond motifs is 1. The standard InChI is InChI=1S/C19H17ClF3N7O2/c1-28-15-8-14(19(21,22)23)26-30(15)7-6-13(18(28)32)25-17(31)16-24-10-29(27-16)9-11-2-4-12(20)5-3-11/h2-5,8,10,13H,6-7,9H2,1H3,(H,25,31)/t13-/m1/s1. The molecule has 0 aliphatic carbocycles. The van der Waals surface area contributed by atoms with Gasteiger partial charge in [-0.2, -0.15) is 18.3 Å². The Hall–Kier alpha value is -3.41. The Balaban J connectivity index is 1.43. The highest BCUT2D eigenvalue weighted by Gasteiger charge is 2.38. The van der Waals surface area contributed by atoms with E-state index in [4.69, 9.17) is 11.6 Å². The molecule has 0 bridgehead atoms. The van der Waals surface area contributed by atoms with Crippen LogP contribution in [0.1, 0.15) is 28.3 Å². The molecule has 0 fully saturated rings. The van der Waals surface area contributed by atoms with Gasteiger partial charge in [0.2, 0.25) is 5.82 Å². The molecule has 3 aromatic rings. The summed E-state index contributed by atoms with van der Waals surface area (Å²) in [5, 5.41) is 10.8. The molecule has 0 saturated heterocycles. The van der Waals surface area contributed by atoms with Gasteiger partial charge in [-0.15, -0.1) is 5.10 Å². The number of benzene rings is 1. The molecular formula is C19H17ClF3N7O2. The van der Waals surface area contributed by atoms with Gasteiger partial charge in [0.05, 0.1) is 6.54 Å². The zero-order valence-electron chi connectivity index (χ0n) is 16.7. The maximum absolute atomic E-state index is 12.9. The highest BCUT2D eigenvalue weighted by atomic mass is 35.5. The number of anilines is 1. The van der Waals surface area contributed by atoms with Crippen molar-refractivity contribution in [1.82, 2.24) is 29.9 Å². The molecular weight excluding hydrogens is 451 g/mol. The summed E-state index contributed by atoms with van der Waals surface area (Å²) in [4.78, 5) is 30.3. The number of amides is 2. The summed E-state index contributed by atoms with van der Waals surface area (Å²) in [5.41, 5.74) is -0.176. The number of hydrogen-bond donors (Lipinski definition) is 1. The van der Waals surface area contributed by atoms with Crippen molar-refractivity contribution in [1.29, 1.82) is 0 Å². The first-order chi connectivity index (χ1) is 15.1. The van der Waals surface area contributed by atoms with E-state index < -0.39 is 29.7 Å². The lowest BCUT2D eigenvalue weighted by Crippen LogP contribution is -2.47. The minimum absolute atomic E-state index is 0.00411. The largest absolute Gasteiger partial charge is 0.435 e. The minimum atomic E-state index is -4.62. The van der Waals surface area contributed by atoms with E-state index in [0.29, 0.717) is 11.6 Å². The summed E-state index contributed by atoms with van der Waals surface area (Å²) >= 11 is 5.86. The van der Waals surface area contributed by atoms with Gasteiger partial charge in [-0.3, -0.25) is 14.5 Å². The Morgan fingerprint density at radius 2 is 1.97 bits per heavy atom. The maximum atomic E-state index is 12.9. The fourth-order valence-electron chi connectivity index (χ4n) is 3.31. The first-order valence-electron chi connectivity index (χ1n) is 9.49. The Morgan fingerprint density at radius 3 is 2.66 bits per heavy atom. The van der Waals surface area contributed by atoms with Crippen molar-refractivity contribution in [3.63, 3.8) is 0 Å². The first kappa shape index (κ1) is 21.8. The molecule has 1 aliphatic rings. The van der Waals surface area contributed by atoms with Crippen LogP contribution in [0.3, 0.4) is 0 Å². The van der Waals surface area contributed by atoms with Crippen LogP contribution >= 0.6 is 11.6 Å². The van der Waals surface area contributed by atoms with Crippen molar-refractivity contribution < 1.29 is 22.8 Å². The Morgan fingerprint density at radius 1 is 1.25 bits per heavy atom. The summed E-state index contributed by atoms with van der Waals surface area (Å²) < 4.78 is 41.4. The van der Waals surface area contributed by atoms with Gasteiger partial charge in [-0.05, 0) is 24.1 Å². The van der Waals surface area contributed by atoms with E-state index in [1.807, 2.05) is 12.1 Å². The summed E-state index contributed by atoms with van der Waals surface area (Å²) in [7, 11) is 1.33. The summed E-state index contributed by atoms with van der Waals surface area (Å²) in [5.74, 6) is -1.35. The van der Waals surface area contributed by atoms with Crippen molar-refractivity contribution in [2.24, 2.45) is 0 Å². The van der Waals surface area contributed by atoms with Crippen LogP contribution in [0.25, 0.3) is 0 Å². The third kappa shape index (κ3) is 4.44. The van der Waals surface area contributed by atoms with Gasteiger partial charge in [0, 0.05) is 24.7 Å². The van der Waals surface area contributed by atoms with Crippen LogP contribution in [0, 0.1) is 0 Å². The predicted molar refractivity (Wildman–Crippen MR) is 107 cm³/mol. The van der Waals surface area contributed by atoms with Gasteiger partial charge in [-0.25, -0.2) is 14.3 Å². The average Bonchev–Trinajstić information content (AvgIpc) is 3.36. The molecule has 2 amide bonds. The number of aryl methyl sites for hydroxylation is 1. The van der Waals surface area contributed by atoms with E-state index >= 15 is 0 Å². The molecule has 0 saturated carbocycles. The number of aromatic nitrogens is 5. The molecule has 1 N–H and O–H groups in total.